The van der Waals surface area contributed by atoms with E-state index in [-0.39, 0.29) is 18.2 Å². The van der Waals surface area contributed by atoms with Gasteiger partial charge in [-0.05, 0) is 37.8 Å². The number of aryl methyl sites for hydroxylation is 1. The molecule has 1 aliphatic heterocycles. The summed E-state index contributed by atoms with van der Waals surface area (Å²) in [5.41, 5.74) is 1.89. The monoisotopic (exact) mass is 315 g/mol. The number of nitrogens with zero attached hydrogens (tertiary/aromatic N) is 3. The Morgan fingerprint density at radius 2 is 2.22 bits per heavy atom. The molecule has 3 rings (SSSR count). The summed E-state index contributed by atoms with van der Waals surface area (Å²) in [5.74, 6) is -0.193. The van der Waals surface area contributed by atoms with E-state index < -0.39 is 5.97 Å². The smallest absolute Gasteiger partial charge is 0.359 e. The van der Waals surface area contributed by atoms with Crippen LogP contribution in [0.4, 0.5) is 0 Å². The maximum absolute atomic E-state index is 12.1. The lowest BCUT2D eigenvalue weighted by Crippen LogP contribution is -2.41. The Bertz CT molecular complexity index is 738. The van der Waals surface area contributed by atoms with Gasteiger partial charge in [0.25, 0.3) is 5.91 Å². The van der Waals surface area contributed by atoms with E-state index in [9.17, 15) is 9.59 Å². The molecule has 6 nitrogen and oxygen atoms in total. The van der Waals surface area contributed by atoms with E-state index in [0.29, 0.717) is 11.6 Å². The van der Waals surface area contributed by atoms with Crippen LogP contribution in [0.2, 0.25) is 0 Å². The van der Waals surface area contributed by atoms with Crippen LogP contribution in [0.5, 0.6) is 0 Å². The van der Waals surface area contributed by atoms with Crippen LogP contribution in [0, 0.1) is 12.8 Å². The van der Waals surface area contributed by atoms with E-state index >= 15 is 0 Å². The van der Waals surface area contributed by atoms with Crippen LogP contribution in [0.3, 0.4) is 0 Å². The fourth-order valence-corrected chi connectivity index (χ4v) is 2.96. The molecule has 0 aliphatic carbocycles. The van der Waals surface area contributed by atoms with Crippen LogP contribution in [0.1, 0.15) is 35.9 Å². The van der Waals surface area contributed by atoms with Crippen molar-refractivity contribution in [2.24, 2.45) is 5.92 Å². The number of aromatic nitrogens is 2. The molecule has 23 heavy (non-hydrogen) atoms. The largest absolute Gasteiger partial charge is 0.451 e. The lowest BCUT2D eigenvalue weighted by atomic mass is 10.0. The second-order valence-corrected chi connectivity index (χ2v) is 6.18. The minimum absolute atomic E-state index is 0.134. The Morgan fingerprint density at radius 3 is 2.96 bits per heavy atom. The molecule has 0 aromatic carbocycles. The van der Waals surface area contributed by atoms with Gasteiger partial charge >= 0.3 is 5.97 Å². The molecule has 0 saturated carbocycles. The molecular formula is C17H21N3O3. The highest BCUT2D eigenvalue weighted by molar-refractivity contribution is 5.90. The molecule has 122 valence electrons. The van der Waals surface area contributed by atoms with Crippen LogP contribution >= 0.6 is 0 Å². The van der Waals surface area contributed by atoms with Gasteiger partial charge in [0.2, 0.25) is 0 Å². The second kappa shape index (κ2) is 6.40. The van der Waals surface area contributed by atoms with Gasteiger partial charge < -0.3 is 14.0 Å². The predicted molar refractivity (Wildman–Crippen MR) is 85.2 cm³/mol. The number of piperidine rings is 1. The number of fused-ring (bicyclic) bond motifs is 1. The average Bonchev–Trinajstić information content (AvgIpc) is 2.98. The number of pyridine rings is 1. The Balaban J connectivity index is 1.62. The number of amides is 1. The lowest BCUT2D eigenvalue weighted by Gasteiger charge is -2.30. The van der Waals surface area contributed by atoms with Crippen molar-refractivity contribution >= 4 is 17.5 Å². The summed E-state index contributed by atoms with van der Waals surface area (Å²) >= 11 is 0. The molecule has 1 unspecified atom stereocenters. The number of imidazole rings is 1. The van der Waals surface area contributed by atoms with Crippen LogP contribution < -0.4 is 0 Å². The summed E-state index contributed by atoms with van der Waals surface area (Å²) in [6, 6.07) is 5.64. The topological polar surface area (TPSA) is 63.9 Å². The molecular weight excluding hydrogens is 294 g/mol. The van der Waals surface area contributed by atoms with Crippen molar-refractivity contribution in [1.29, 1.82) is 0 Å². The molecule has 1 atom stereocenters. The summed E-state index contributed by atoms with van der Waals surface area (Å²) < 4.78 is 6.97. The molecule has 0 bridgehead atoms. The predicted octanol–water partition coefficient (Wildman–Crippen LogP) is 2.06. The molecule has 3 heterocycles. The third-order valence-electron chi connectivity index (χ3n) is 4.24. The fourth-order valence-electron chi connectivity index (χ4n) is 2.96. The molecule has 1 fully saturated rings. The maximum atomic E-state index is 12.1. The summed E-state index contributed by atoms with van der Waals surface area (Å²) in [4.78, 5) is 30.2. The zero-order valence-electron chi connectivity index (χ0n) is 13.5. The molecule has 2 aromatic heterocycles. The van der Waals surface area contributed by atoms with E-state index in [1.54, 1.807) is 11.1 Å². The van der Waals surface area contributed by atoms with Crippen LogP contribution in [0.25, 0.3) is 5.65 Å². The first-order valence-electron chi connectivity index (χ1n) is 7.94. The number of rotatable bonds is 3. The quantitative estimate of drug-likeness (QED) is 0.813. The van der Waals surface area contributed by atoms with E-state index in [0.717, 1.165) is 31.6 Å². The van der Waals surface area contributed by atoms with Crippen molar-refractivity contribution in [3.8, 4) is 0 Å². The molecule has 6 heteroatoms. The van der Waals surface area contributed by atoms with Crippen molar-refractivity contribution in [3.05, 3.63) is 35.8 Å². The van der Waals surface area contributed by atoms with Crippen molar-refractivity contribution in [3.63, 3.8) is 0 Å². The molecule has 1 aliphatic rings. The highest BCUT2D eigenvalue weighted by Crippen LogP contribution is 2.15. The number of carbonyl (C=O) groups is 2. The zero-order valence-corrected chi connectivity index (χ0v) is 13.5. The van der Waals surface area contributed by atoms with Crippen LogP contribution in [-0.4, -0.2) is 45.9 Å². The van der Waals surface area contributed by atoms with Gasteiger partial charge in [-0.2, -0.15) is 0 Å². The summed E-state index contributed by atoms with van der Waals surface area (Å²) in [6.45, 7) is 5.33. The number of carbonyl (C=O) groups excluding carboxylic acids is 2. The third-order valence-corrected chi connectivity index (χ3v) is 4.24. The van der Waals surface area contributed by atoms with E-state index in [4.69, 9.17) is 4.74 Å². The standard InChI is InChI=1S/C17H21N3O3/c1-12-5-4-8-19(9-12)16(21)11-23-17(22)14-10-20-13(2)6-3-7-15(20)18-14/h3,6-7,10,12H,4-5,8-9,11H2,1-2H3. The number of hydrogen-bond acceptors (Lipinski definition) is 4. The fraction of sp³-hybridized carbons (Fsp3) is 0.471. The third kappa shape index (κ3) is 3.36. The van der Waals surface area contributed by atoms with Gasteiger partial charge in [-0.3, -0.25) is 4.79 Å². The Morgan fingerprint density at radius 1 is 1.39 bits per heavy atom. The molecule has 0 radical (unpaired) electrons. The van der Waals surface area contributed by atoms with Crippen LogP contribution in [0.15, 0.2) is 24.4 Å². The highest BCUT2D eigenvalue weighted by Gasteiger charge is 2.22. The van der Waals surface area contributed by atoms with Gasteiger partial charge in [0.05, 0.1) is 0 Å². The molecule has 1 amide bonds. The Labute approximate surface area is 135 Å². The Hall–Kier alpha value is -2.37. The van der Waals surface area contributed by atoms with Crippen molar-refractivity contribution in [2.45, 2.75) is 26.7 Å². The van der Waals surface area contributed by atoms with Gasteiger partial charge in [-0.1, -0.05) is 13.0 Å². The van der Waals surface area contributed by atoms with Crippen molar-refractivity contribution in [2.75, 3.05) is 19.7 Å². The number of hydrogen-bond donors (Lipinski definition) is 0. The van der Waals surface area contributed by atoms with Gasteiger partial charge in [-0.15, -0.1) is 0 Å². The summed E-state index contributed by atoms with van der Waals surface area (Å²) in [7, 11) is 0. The van der Waals surface area contributed by atoms with E-state index in [1.165, 1.54) is 0 Å². The Kier molecular flexibility index (Phi) is 4.32. The SMILES string of the molecule is Cc1cccc2nc(C(=O)OCC(=O)N3CCCC(C)C3)cn12. The van der Waals surface area contributed by atoms with E-state index in [1.807, 2.05) is 29.5 Å². The molecule has 0 spiro atoms. The first kappa shape index (κ1) is 15.5. The molecule has 2 aromatic rings. The van der Waals surface area contributed by atoms with Gasteiger partial charge in [-0.25, -0.2) is 9.78 Å². The second-order valence-electron chi connectivity index (χ2n) is 6.18. The summed E-state index contributed by atoms with van der Waals surface area (Å²) in [5, 5.41) is 0. The van der Waals surface area contributed by atoms with Crippen LogP contribution in [-0.2, 0) is 9.53 Å². The maximum Gasteiger partial charge on any atom is 0.359 e. The zero-order chi connectivity index (χ0) is 16.4. The number of esters is 1. The first-order valence-corrected chi connectivity index (χ1v) is 7.94. The van der Waals surface area contributed by atoms with Gasteiger partial charge in [0.15, 0.2) is 12.3 Å². The van der Waals surface area contributed by atoms with Crippen molar-refractivity contribution < 1.29 is 14.3 Å². The van der Waals surface area contributed by atoms with Gasteiger partial charge in [0, 0.05) is 25.0 Å². The first-order chi connectivity index (χ1) is 11.0. The molecule has 1 saturated heterocycles. The average molecular weight is 315 g/mol. The highest BCUT2D eigenvalue weighted by atomic mass is 16.5. The lowest BCUT2D eigenvalue weighted by molar-refractivity contribution is -0.136. The number of likely N-dealkylation sites (tertiary alicyclic amines) is 1. The minimum Gasteiger partial charge on any atom is -0.451 e. The summed E-state index contributed by atoms with van der Waals surface area (Å²) in [6.07, 6.45) is 3.79. The minimum atomic E-state index is -0.563. The molecule has 0 N–H and O–H groups in total. The van der Waals surface area contributed by atoms with Gasteiger partial charge in [0.1, 0.15) is 5.65 Å². The normalized spacial score (nSPS) is 18.2. The van der Waals surface area contributed by atoms with Crippen molar-refractivity contribution in [1.82, 2.24) is 14.3 Å². The van der Waals surface area contributed by atoms with E-state index in [2.05, 4.69) is 11.9 Å². The number of ether oxygens (including phenoxy) is 1.